The number of hydrogen-bond acceptors (Lipinski definition) is 4. The number of rotatable bonds is 5. The Labute approximate surface area is 145 Å². The average molecular weight is 346 g/mol. The van der Waals surface area contributed by atoms with E-state index in [2.05, 4.69) is 0 Å². The van der Waals surface area contributed by atoms with Gasteiger partial charge in [-0.1, -0.05) is 12.1 Å². The molecular weight excluding hydrogens is 324 g/mol. The second-order valence-corrected chi connectivity index (χ2v) is 7.25. The Balaban J connectivity index is 1.67. The van der Waals surface area contributed by atoms with Crippen LogP contribution in [0.5, 0.6) is 0 Å². The third kappa shape index (κ3) is 3.60. The van der Waals surface area contributed by atoms with Crippen LogP contribution in [0.4, 0.5) is 0 Å². The highest BCUT2D eigenvalue weighted by Crippen LogP contribution is 2.29. The number of aromatic nitrogens is 1. The van der Waals surface area contributed by atoms with Gasteiger partial charge in [-0.2, -0.15) is 0 Å². The van der Waals surface area contributed by atoms with E-state index in [0.717, 1.165) is 17.7 Å². The highest BCUT2D eigenvalue weighted by Gasteiger charge is 2.31. The van der Waals surface area contributed by atoms with Crippen molar-refractivity contribution in [2.75, 3.05) is 6.54 Å². The third-order valence-corrected chi connectivity index (χ3v) is 5.55. The largest absolute Gasteiger partial charge is 0.387 e. The van der Waals surface area contributed by atoms with E-state index in [0.29, 0.717) is 18.5 Å². The summed E-state index contributed by atoms with van der Waals surface area (Å²) in [6.07, 6.45) is 3.51. The van der Waals surface area contributed by atoms with Gasteiger partial charge in [-0.25, -0.2) is 0 Å². The lowest BCUT2D eigenvalue weighted by atomic mass is 10.1. The van der Waals surface area contributed by atoms with Crippen molar-refractivity contribution >= 4 is 17.2 Å². The molecule has 1 aliphatic rings. The van der Waals surface area contributed by atoms with Crippen LogP contribution in [0.15, 0.2) is 40.6 Å². The molecule has 0 aliphatic carbocycles. The molecule has 0 spiro atoms. The van der Waals surface area contributed by atoms with Gasteiger partial charge in [-0.05, 0) is 43.7 Å². The van der Waals surface area contributed by atoms with Crippen molar-refractivity contribution in [1.29, 1.82) is 0 Å². The zero-order valence-electron chi connectivity index (χ0n) is 13.7. The van der Waals surface area contributed by atoms with Crippen molar-refractivity contribution in [3.63, 3.8) is 0 Å². The van der Waals surface area contributed by atoms with E-state index in [-0.39, 0.29) is 24.1 Å². The van der Waals surface area contributed by atoms with Gasteiger partial charge in [0.15, 0.2) is 0 Å². The lowest BCUT2D eigenvalue weighted by Crippen LogP contribution is -2.40. The van der Waals surface area contributed by atoms with E-state index in [1.54, 1.807) is 25.3 Å². The second kappa shape index (κ2) is 7.32. The molecule has 0 bridgehead atoms. The van der Waals surface area contributed by atoms with Gasteiger partial charge < -0.3 is 14.6 Å². The van der Waals surface area contributed by atoms with Crippen LogP contribution in [0.25, 0.3) is 0 Å². The number of nitrogens with zero attached hydrogens (tertiary/aromatic N) is 2. The van der Waals surface area contributed by atoms with Crippen LogP contribution >= 0.6 is 11.3 Å². The predicted molar refractivity (Wildman–Crippen MR) is 94.1 cm³/mol. The Morgan fingerprint density at radius 3 is 3.00 bits per heavy atom. The molecule has 1 saturated heterocycles. The Morgan fingerprint density at radius 2 is 2.25 bits per heavy atom. The van der Waals surface area contributed by atoms with E-state index in [9.17, 15) is 14.7 Å². The molecule has 24 heavy (non-hydrogen) atoms. The lowest BCUT2D eigenvalue weighted by Gasteiger charge is -2.26. The molecule has 2 atom stereocenters. The van der Waals surface area contributed by atoms with Gasteiger partial charge in [-0.15, -0.1) is 11.3 Å². The highest BCUT2D eigenvalue weighted by atomic mass is 32.1. The molecule has 6 heteroatoms. The molecule has 0 saturated carbocycles. The minimum atomic E-state index is -0.537. The topological polar surface area (TPSA) is 62.5 Å². The number of carbonyl (C=O) groups is 1. The monoisotopic (exact) mass is 346 g/mol. The molecule has 5 nitrogen and oxygen atoms in total. The van der Waals surface area contributed by atoms with Crippen LogP contribution in [-0.2, 0) is 11.3 Å². The molecule has 3 rings (SSSR count). The maximum Gasteiger partial charge on any atom is 0.253 e. The number of aryl methyl sites for hydroxylation is 1. The quantitative estimate of drug-likeness (QED) is 0.904. The lowest BCUT2D eigenvalue weighted by molar-refractivity contribution is -0.133. The van der Waals surface area contributed by atoms with Crippen LogP contribution in [0.3, 0.4) is 0 Å². The Kier molecular flexibility index (Phi) is 5.16. The molecule has 1 fully saturated rings. The van der Waals surface area contributed by atoms with Crippen molar-refractivity contribution in [1.82, 2.24) is 9.47 Å². The fraction of sp³-hybridized carbons (Fsp3) is 0.444. The summed E-state index contributed by atoms with van der Waals surface area (Å²) < 4.78 is 1.46. The van der Waals surface area contributed by atoms with E-state index < -0.39 is 6.10 Å². The first-order valence-corrected chi connectivity index (χ1v) is 9.11. The summed E-state index contributed by atoms with van der Waals surface area (Å²) in [5.74, 6) is -0.0522. The molecule has 1 aliphatic heterocycles. The Hall–Kier alpha value is -1.92. The first kappa shape index (κ1) is 16.9. The van der Waals surface area contributed by atoms with Crippen molar-refractivity contribution < 1.29 is 9.90 Å². The molecule has 2 unspecified atom stereocenters. The van der Waals surface area contributed by atoms with Gasteiger partial charge in [0.25, 0.3) is 5.56 Å². The third-order valence-electron chi connectivity index (χ3n) is 4.58. The van der Waals surface area contributed by atoms with Gasteiger partial charge in [-0.3, -0.25) is 9.59 Å². The molecule has 0 aromatic carbocycles. The number of amides is 1. The molecule has 1 amide bonds. The number of hydrogen-bond donors (Lipinski definition) is 1. The number of pyridine rings is 1. The van der Waals surface area contributed by atoms with Crippen molar-refractivity contribution in [2.24, 2.45) is 0 Å². The molecule has 1 N–H and O–H groups in total. The standard InChI is InChI=1S/C18H22N2O3S/c1-13-5-2-8-19(18(13)23)12-17(22)20-9-3-6-14(20)11-15(21)16-7-4-10-24-16/h2,4-5,7-8,10,14-15,21H,3,6,9,11-12H2,1H3. The van der Waals surface area contributed by atoms with Crippen molar-refractivity contribution in [2.45, 2.75) is 44.9 Å². The van der Waals surface area contributed by atoms with Gasteiger partial charge in [0.05, 0.1) is 6.10 Å². The summed E-state index contributed by atoms with van der Waals surface area (Å²) in [5, 5.41) is 12.3. The van der Waals surface area contributed by atoms with E-state index in [1.165, 1.54) is 15.9 Å². The van der Waals surface area contributed by atoms with Crippen LogP contribution in [-0.4, -0.2) is 33.1 Å². The summed E-state index contributed by atoms with van der Waals surface area (Å²) in [5.41, 5.74) is 0.511. The van der Waals surface area contributed by atoms with Crippen LogP contribution in [0, 0.1) is 6.92 Å². The number of aliphatic hydroxyl groups is 1. The smallest absolute Gasteiger partial charge is 0.253 e. The minimum absolute atomic E-state index is 0.0371. The molecule has 3 heterocycles. The summed E-state index contributed by atoms with van der Waals surface area (Å²) in [6.45, 7) is 2.51. The van der Waals surface area contributed by atoms with Gasteiger partial charge >= 0.3 is 0 Å². The van der Waals surface area contributed by atoms with E-state index >= 15 is 0 Å². The fourth-order valence-electron chi connectivity index (χ4n) is 3.28. The second-order valence-electron chi connectivity index (χ2n) is 6.27. The number of aliphatic hydroxyl groups excluding tert-OH is 1. The summed E-state index contributed by atoms with van der Waals surface area (Å²) >= 11 is 1.53. The Morgan fingerprint density at radius 1 is 1.42 bits per heavy atom. The zero-order valence-corrected chi connectivity index (χ0v) is 14.5. The van der Waals surface area contributed by atoms with Crippen LogP contribution in [0.2, 0.25) is 0 Å². The molecule has 2 aromatic heterocycles. The molecule has 0 radical (unpaired) electrons. The first-order valence-electron chi connectivity index (χ1n) is 8.23. The van der Waals surface area contributed by atoms with E-state index in [4.69, 9.17) is 0 Å². The minimum Gasteiger partial charge on any atom is -0.387 e. The average Bonchev–Trinajstić information content (AvgIpc) is 3.23. The van der Waals surface area contributed by atoms with Crippen molar-refractivity contribution in [3.05, 3.63) is 56.6 Å². The fourth-order valence-corrected chi connectivity index (χ4v) is 4.01. The molecule has 128 valence electrons. The molecule has 2 aromatic rings. The number of likely N-dealkylation sites (tertiary alicyclic amines) is 1. The predicted octanol–water partition coefficient (Wildman–Crippen LogP) is 2.33. The molecular formula is C18H22N2O3S. The van der Waals surface area contributed by atoms with Crippen LogP contribution in [0.1, 0.15) is 35.8 Å². The highest BCUT2D eigenvalue weighted by molar-refractivity contribution is 7.10. The maximum absolute atomic E-state index is 12.6. The summed E-state index contributed by atoms with van der Waals surface area (Å²) in [6, 6.07) is 7.41. The summed E-state index contributed by atoms with van der Waals surface area (Å²) in [4.78, 5) is 27.5. The van der Waals surface area contributed by atoms with Gasteiger partial charge in [0.2, 0.25) is 5.91 Å². The first-order chi connectivity index (χ1) is 11.6. The van der Waals surface area contributed by atoms with Gasteiger partial charge in [0, 0.05) is 29.2 Å². The van der Waals surface area contributed by atoms with E-state index in [1.807, 2.05) is 22.4 Å². The van der Waals surface area contributed by atoms with Crippen molar-refractivity contribution in [3.8, 4) is 0 Å². The summed E-state index contributed by atoms with van der Waals surface area (Å²) in [7, 11) is 0. The van der Waals surface area contributed by atoms with Crippen LogP contribution < -0.4 is 5.56 Å². The number of thiophene rings is 1. The van der Waals surface area contributed by atoms with Gasteiger partial charge in [0.1, 0.15) is 6.54 Å². The Bertz CT molecular complexity index is 754. The maximum atomic E-state index is 12.6. The normalized spacial score (nSPS) is 18.8. The number of carbonyl (C=O) groups excluding carboxylic acids is 1. The SMILES string of the molecule is Cc1cccn(CC(=O)N2CCCC2CC(O)c2cccs2)c1=O. The zero-order chi connectivity index (χ0) is 17.1.